The van der Waals surface area contributed by atoms with Gasteiger partial charge in [-0.2, -0.15) is 5.10 Å². The molecule has 1 aliphatic carbocycles. The highest BCUT2D eigenvalue weighted by Gasteiger charge is 2.21. The number of aromatic nitrogens is 4. The van der Waals surface area contributed by atoms with Crippen molar-refractivity contribution in [2.75, 3.05) is 0 Å². The van der Waals surface area contributed by atoms with Gasteiger partial charge in [0.2, 0.25) is 0 Å². The summed E-state index contributed by atoms with van der Waals surface area (Å²) in [7, 11) is 1.79. The van der Waals surface area contributed by atoms with Crippen LogP contribution in [0.3, 0.4) is 0 Å². The molecule has 124 valence electrons. The Bertz CT molecular complexity index is 1170. The fourth-order valence-electron chi connectivity index (χ4n) is 3.59. The van der Waals surface area contributed by atoms with Gasteiger partial charge >= 0.3 is 0 Å². The van der Waals surface area contributed by atoms with Crippen LogP contribution in [0.15, 0.2) is 53.5 Å². The third-order valence-corrected chi connectivity index (χ3v) is 5.30. The van der Waals surface area contributed by atoms with Crippen molar-refractivity contribution in [2.24, 2.45) is 7.05 Å². The zero-order valence-corrected chi connectivity index (χ0v) is 14.0. The predicted octanol–water partition coefficient (Wildman–Crippen LogP) is 3.52. The summed E-state index contributed by atoms with van der Waals surface area (Å²) in [4.78, 5) is 17.1. The fraction of sp³-hybridized carbons (Fsp3) is 0.250. The second-order valence-corrected chi connectivity index (χ2v) is 6.78. The van der Waals surface area contributed by atoms with Crippen LogP contribution < -0.4 is 5.56 Å². The Labute approximate surface area is 144 Å². The van der Waals surface area contributed by atoms with Crippen LogP contribution in [0.2, 0.25) is 0 Å². The summed E-state index contributed by atoms with van der Waals surface area (Å²) < 4.78 is 3.52. The molecule has 0 atom stereocenters. The number of pyridine rings is 1. The molecule has 1 fully saturated rings. The molecule has 0 aliphatic heterocycles. The number of hydrogen-bond acceptors (Lipinski definition) is 3. The van der Waals surface area contributed by atoms with Gasteiger partial charge in [-0.05, 0) is 37.1 Å². The molecular weight excluding hydrogens is 312 g/mol. The lowest BCUT2D eigenvalue weighted by atomic mass is 9.82. The Balaban J connectivity index is 1.74. The lowest BCUT2D eigenvalue weighted by molar-refractivity contribution is 0.411. The summed E-state index contributed by atoms with van der Waals surface area (Å²) in [6, 6.07) is 13.7. The molecule has 0 unspecified atom stereocenters. The number of benzene rings is 1. The molecule has 0 radical (unpaired) electrons. The number of nitrogens with zero attached hydrogens (tertiary/aromatic N) is 4. The summed E-state index contributed by atoms with van der Waals surface area (Å²) in [6.45, 7) is 0. The van der Waals surface area contributed by atoms with Gasteiger partial charge in [0.25, 0.3) is 5.56 Å². The number of rotatable bonds is 2. The van der Waals surface area contributed by atoms with Crippen LogP contribution >= 0.6 is 0 Å². The first-order chi connectivity index (χ1) is 12.2. The first-order valence-corrected chi connectivity index (χ1v) is 8.66. The van der Waals surface area contributed by atoms with Crippen LogP contribution in [0.4, 0.5) is 0 Å². The molecule has 3 aromatic heterocycles. The molecule has 0 spiro atoms. The van der Waals surface area contributed by atoms with Crippen LogP contribution in [0.25, 0.3) is 27.8 Å². The summed E-state index contributed by atoms with van der Waals surface area (Å²) >= 11 is 0. The van der Waals surface area contributed by atoms with E-state index in [0.717, 1.165) is 28.1 Å². The SMILES string of the molecule is Cn1c(=O)c2ccccc2n2nc(-c3ccnc(C4CCC4)c3)cc12. The average molecular weight is 330 g/mol. The van der Waals surface area contributed by atoms with Gasteiger partial charge in [0.1, 0.15) is 5.65 Å². The minimum absolute atomic E-state index is 0.000523. The number of para-hydroxylation sites is 1. The highest BCUT2D eigenvalue weighted by atomic mass is 16.1. The van der Waals surface area contributed by atoms with E-state index in [1.807, 2.05) is 47.1 Å². The summed E-state index contributed by atoms with van der Waals surface area (Å²) in [5.41, 5.74) is 4.70. The van der Waals surface area contributed by atoms with Crippen LogP contribution in [-0.4, -0.2) is 19.2 Å². The summed E-state index contributed by atoms with van der Waals surface area (Å²) in [5.74, 6) is 0.585. The molecule has 3 heterocycles. The maximum absolute atomic E-state index is 12.6. The van der Waals surface area contributed by atoms with Crippen LogP contribution in [0.1, 0.15) is 30.9 Å². The Kier molecular flexibility index (Phi) is 3.04. The van der Waals surface area contributed by atoms with E-state index in [-0.39, 0.29) is 5.56 Å². The normalized spacial score (nSPS) is 14.9. The molecule has 4 aromatic rings. The minimum atomic E-state index is -0.000523. The summed E-state index contributed by atoms with van der Waals surface area (Å²) in [5, 5.41) is 5.46. The van der Waals surface area contributed by atoms with Crippen LogP contribution in [0.5, 0.6) is 0 Å². The topological polar surface area (TPSA) is 52.2 Å². The molecule has 1 aliphatic rings. The van der Waals surface area contributed by atoms with Gasteiger partial charge in [0.05, 0.1) is 16.6 Å². The molecule has 0 N–H and O–H groups in total. The quantitative estimate of drug-likeness (QED) is 0.565. The first-order valence-electron chi connectivity index (χ1n) is 8.66. The molecule has 0 bridgehead atoms. The lowest BCUT2D eigenvalue weighted by Gasteiger charge is -2.24. The molecular formula is C20H18N4O. The third kappa shape index (κ3) is 2.12. The van der Waals surface area contributed by atoms with Crippen LogP contribution in [-0.2, 0) is 7.05 Å². The van der Waals surface area contributed by atoms with Gasteiger partial charge in [-0.15, -0.1) is 0 Å². The second-order valence-electron chi connectivity index (χ2n) is 6.78. The standard InChI is InChI=1S/C20H18N4O/c1-23-19-12-17(14-9-10-21-16(11-14)13-5-4-6-13)22-24(19)18-8-3-2-7-15(18)20(23)25/h2-3,7-13H,4-6H2,1H3. The number of hydrogen-bond donors (Lipinski definition) is 0. The Morgan fingerprint density at radius 1 is 1.12 bits per heavy atom. The van der Waals surface area contributed by atoms with Crippen molar-refractivity contribution in [3.05, 3.63) is 64.7 Å². The molecule has 5 heteroatoms. The maximum Gasteiger partial charge on any atom is 0.261 e. The van der Waals surface area contributed by atoms with Crippen molar-refractivity contribution < 1.29 is 0 Å². The molecule has 25 heavy (non-hydrogen) atoms. The molecule has 5 nitrogen and oxygen atoms in total. The van der Waals surface area contributed by atoms with E-state index in [1.165, 1.54) is 19.3 Å². The van der Waals surface area contributed by atoms with Crippen molar-refractivity contribution in [1.29, 1.82) is 0 Å². The molecule has 5 rings (SSSR count). The molecule has 0 saturated heterocycles. The van der Waals surface area contributed by atoms with Crippen molar-refractivity contribution in [3.8, 4) is 11.3 Å². The van der Waals surface area contributed by atoms with Gasteiger partial charge in [-0.1, -0.05) is 18.6 Å². The van der Waals surface area contributed by atoms with Gasteiger partial charge < -0.3 is 0 Å². The smallest absolute Gasteiger partial charge is 0.261 e. The van der Waals surface area contributed by atoms with E-state index in [4.69, 9.17) is 5.10 Å². The second kappa shape index (κ2) is 5.28. The highest BCUT2D eigenvalue weighted by molar-refractivity contribution is 5.81. The first kappa shape index (κ1) is 14.4. The average Bonchev–Trinajstić information content (AvgIpc) is 3.04. The zero-order valence-electron chi connectivity index (χ0n) is 14.0. The monoisotopic (exact) mass is 330 g/mol. The predicted molar refractivity (Wildman–Crippen MR) is 97.8 cm³/mol. The Morgan fingerprint density at radius 3 is 2.76 bits per heavy atom. The van der Waals surface area contributed by atoms with Gasteiger partial charge in [0, 0.05) is 36.5 Å². The Morgan fingerprint density at radius 2 is 1.96 bits per heavy atom. The van der Waals surface area contributed by atoms with Gasteiger partial charge in [0.15, 0.2) is 0 Å². The van der Waals surface area contributed by atoms with Crippen LogP contribution in [0, 0.1) is 0 Å². The molecule has 1 saturated carbocycles. The molecule has 1 aromatic carbocycles. The van der Waals surface area contributed by atoms with E-state index in [2.05, 4.69) is 11.1 Å². The van der Waals surface area contributed by atoms with Gasteiger partial charge in [-0.3, -0.25) is 14.3 Å². The fourth-order valence-corrected chi connectivity index (χ4v) is 3.59. The highest BCUT2D eigenvalue weighted by Crippen LogP contribution is 2.36. The van der Waals surface area contributed by atoms with E-state index in [0.29, 0.717) is 11.3 Å². The van der Waals surface area contributed by atoms with E-state index in [1.54, 1.807) is 11.6 Å². The number of aryl methyl sites for hydroxylation is 1. The molecule has 0 amide bonds. The van der Waals surface area contributed by atoms with E-state index >= 15 is 0 Å². The minimum Gasteiger partial charge on any atom is -0.296 e. The summed E-state index contributed by atoms with van der Waals surface area (Å²) in [6.07, 6.45) is 5.60. The Hall–Kier alpha value is -2.95. The van der Waals surface area contributed by atoms with E-state index < -0.39 is 0 Å². The number of fused-ring (bicyclic) bond motifs is 3. The largest absolute Gasteiger partial charge is 0.296 e. The van der Waals surface area contributed by atoms with Crippen molar-refractivity contribution in [3.63, 3.8) is 0 Å². The third-order valence-electron chi connectivity index (χ3n) is 5.30. The van der Waals surface area contributed by atoms with Crippen molar-refractivity contribution in [2.45, 2.75) is 25.2 Å². The van der Waals surface area contributed by atoms with Crippen molar-refractivity contribution >= 4 is 16.6 Å². The lowest BCUT2D eigenvalue weighted by Crippen LogP contribution is -2.19. The maximum atomic E-state index is 12.6. The zero-order chi connectivity index (χ0) is 17.0. The van der Waals surface area contributed by atoms with Gasteiger partial charge in [-0.25, -0.2) is 4.52 Å². The van der Waals surface area contributed by atoms with E-state index in [9.17, 15) is 4.79 Å². The van der Waals surface area contributed by atoms with Crippen molar-refractivity contribution in [1.82, 2.24) is 19.2 Å².